The Balaban J connectivity index is 2.00. The topological polar surface area (TPSA) is 52.9 Å². The molecular weight excluding hydrogens is 292 g/mol. The lowest BCUT2D eigenvalue weighted by Crippen LogP contribution is -2.27. The van der Waals surface area contributed by atoms with Crippen molar-refractivity contribution in [3.05, 3.63) is 71.3 Å². The molecule has 2 aromatic carbocycles. The minimum Gasteiger partial charge on any atom is -0.351 e. The number of hydrogen-bond acceptors (Lipinski definition) is 3. The molecule has 0 aromatic heterocycles. The predicted octanol–water partition coefficient (Wildman–Crippen LogP) is 3.67. The number of amides is 1. The molecule has 4 heteroatoms. The van der Waals surface area contributed by atoms with Gasteiger partial charge in [0.15, 0.2) is 0 Å². The maximum absolute atomic E-state index is 12.4. The van der Waals surface area contributed by atoms with Crippen LogP contribution in [0.1, 0.15) is 28.9 Å². The van der Waals surface area contributed by atoms with E-state index in [2.05, 4.69) is 18.3 Å². The molecule has 0 saturated heterocycles. The zero-order valence-electron chi connectivity index (χ0n) is 12.5. The van der Waals surface area contributed by atoms with Crippen LogP contribution in [0.2, 0.25) is 0 Å². The van der Waals surface area contributed by atoms with Gasteiger partial charge in [0, 0.05) is 6.54 Å². The maximum atomic E-state index is 12.4. The van der Waals surface area contributed by atoms with Gasteiger partial charge in [-0.1, -0.05) is 49.4 Å². The van der Waals surface area contributed by atoms with Gasteiger partial charge in [-0.05, 0) is 29.0 Å². The van der Waals surface area contributed by atoms with Crippen molar-refractivity contribution in [1.29, 1.82) is 5.26 Å². The van der Waals surface area contributed by atoms with Crippen molar-refractivity contribution in [1.82, 2.24) is 5.32 Å². The third-order valence-electron chi connectivity index (χ3n) is 3.22. The molecule has 0 aliphatic heterocycles. The zero-order chi connectivity index (χ0) is 15.8. The molecule has 1 atom stereocenters. The van der Waals surface area contributed by atoms with Crippen LogP contribution in [0.3, 0.4) is 0 Å². The Morgan fingerprint density at radius 3 is 2.45 bits per heavy atom. The van der Waals surface area contributed by atoms with Gasteiger partial charge in [0.25, 0.3) is 0 Å². The number of nitrogens with zero attached hydrogens (tertiary/aromatic N) is 1. The lowest BCUT2D eigenvalue weighted by atomic mass is 10.1. The summed E-state index contributed by atoms with van der Waals surface area (Å²) in [4.78, 5) is 12.4. The number of thioether (sulfide) groups is 1. The summed E-state index contributed by atoms with van der Waals surface area (Å²) in [6.45, 7) is 2.52. The fraction of sp³-hybridized carbons (Fsp3) is 0.222. The summed E-state index contributed by atoms with van der Waals surface area (Å²) in [7, 11) is 0. The van der Waals surface area contributed by atoms with Gasteiger partial charge < -0.3 is 5.32 Å². The first-order valence-electron chi connectivity index (χ1n) is 7.18. The zero-order valence-corrected chi connectivity index (χ0v) is 13.3. The van der Waals surface area contributed by atoms with E-state index in [-0.39, 0.29) is 11.2 Å². The van der Waals surface area contributed by atoms with E-state index >= 15 is 0 Å². The second-order valence-corrected chi connectivity index (χ2v) is 6.15. The molecule has 1 N–H and O–H groups in total. The summed E-state index contributed by atoms with van der Waals surface area (Å²) in [6.07, 6.45) is 0. The second kappa shape index (κ2) is 8.26. The smallest absolute Gasteiger partial charge is 0.237 e. The van der Waals surface area contributed by atoms with Gasteiger partial charge in [0.1, 0.15) is 5.25 Å². The summed E-state index contributed by atoms with van der Waals surface area (Å²) in [5.74, 6) is 0.895. The van der Waals surface area contributed by atoms with Crippen LogP contribution in [0, 0.1) is 11.3 Å². The van der Waals surface area contributed by atoms with Crippen molar-refractivity contribution in [2.75, 3.05) is 5.75 Å². The van der Waals surface area contributed by atoms with Crippen LogP contribution in [0.5, 0.6) is 0 Å². The van der Waals surface area contributed by atoms with Crippen LogP contribution in [0.4, 0.5) is 0 Å². The molecular formula is C18H18N2OS. The summed E-state index contributed by atoms with van der Waals surface area (Å²) in [5, 5.41) is 11.6. The first-order chi connectivity index (χ1) is 10.7. The van der Waals surface area contributed by atoms with Crippen LogP contribution in [-0.4, -0.2) is 11.7 Å². The van der Waals surface area contributed by atoms with Crippen molar-refractivity contribution >= 4 is 17.7 Å². The molecule has 0 spiro atoms. The summed E-state index contributed by atoms with van der Waals surface area (Å²) in [5.41, 5.74) is 2.63. The third-order valence-corrected chi connectivity index (χ3v) is 4.38. The molecule has 1 unspecified atom stereocenters. The van der Waals surface area contributed by atoms with E-state index in [4.69, 9.17) is 5.26 Å². The number of benzene rings is 2. The average molecular weight is 310 g/mol. The molecule has 1 amide bonds. The Hall–Kier alpha value is -2.25. The number of nitrogens with one attached hydrogen (secondary N) is 1. The molecule has 0 radical (unpaired) electrons. The third kappa shape index (κ3) is 4.37. The van der Waals surface area contributed by atoms with Crippen molar-refractivity contribution in [3.63, 3.8) is 0 Å². The van der Waals surface area contributed by atoms with Crippen molar-refractivity contribution in [3.8, 4) is 6.07 Å². The normalized spacial score (nSPS) is 11.5. The van der Waals surface area contributed by atoms with Gasteiger partial charge in [0.05, 0.1) is 11.6 Å². The Bertz CT molecular complexity index is 647. The summed E-state index contributed by atoms with van der Waals surface area (Å²) < 4.78 is 0. The first kappa shape index (κ1) is 16.1. The van der Waals surface area contributed by atoms with Crippen LogP contribution in [-0.2, 0) is 11.3 Å². The van der Waals surface area contributed by atoms with Gasteiger partial charge in [0.2, 0.25) is 5.91 Å². The predicted molar refractivity (Wildman–Crippen MR) is 90.3 cm³/mol. The molecule has 112 valence electrons. The van der Waals surface area contributed by atoms with E-state index in [1.54, 1.807) is 23.9 Å². The Kier molecular flexibility index (Phi) is 6.05. The molecule has 0 aliphatic carbocycles. The minimum absolute atomic E-state index is 0.0161. The Morgan fingerprint density at radius 2 is 1.86 bits per heavy atom. The molecule has 2 aromatic rings. The molecule has 0 bridgehead atoms. The van der Waals surface area contributed by atoms with E-state index in [9.17, 15) is 4.79 Å². The molecule has 0 saturated carbocycles. The van der Waals surface area contributed by atoms with E-state index in [0.717, 1.165) is 16.9 Å². The molecule has 2 rings (SSSR count). The van der Waals surface area contributed by atoms with E-state index in [1.807, 2.05) is 42.5 Å². The monoisotopic (exact) mass is 310 g/mol. The van der Waals surface area contributed by atoms with Crippen LogP contribution in [0.15, 0.2) is 54.6 Å². The average Bonchev–Trinajstić information content (AvgIpc) is 2.58. The first-order valence-corrected chi connectivity index (χ1v) is 8.22. The van der Waals surface area contributed by atoms with E-state index < -0.39 is 0 Å². The molecule has 0 aliphatic rings. The lowest BCUT2D eigenvalue weighted by molar-refractivity contribution is -0.120. The largest absolute Gasteiger partial charge is 0.351 e. The van der Waals surface area contributed by atoms with E-state index in [1.165, 1.54) is 0 Å². The van der Waals surface area contributed by atoms with Crippen LogP contribution < -0.4 is 5.32 Å². The van der Waals surface area contributed by atoms with Crippen molar-refractivity contribution < 1.29 is 4.79 Å². The van der Waals surface area contributed by atoms with Gasteiger partial charge in [-0.25, -0.2) is 0 Å². The van der Waals surface area contributed by atoms with Gasteiger partial charge in [-0.2, -0.15) is 5.26 Å². The molecule has 0 fully saturated rings. The quantitative estimate of drug-likeness (QED) is 0.885. The molecule has 22 heavy (non-hydrogen) atoms. The maximum Gasteiger partial charge on any atom is 0.237 e. The number of carbonyl (C=O) groups excluding carboxylic acids is 1. The van der Waals surface area contributed by atoms with Crippen LogP contribution >= 0.6 is 11.8 Å². The van der Waals surface area contributed by atoms with Crippen LogP contribution in [0.25, 0.3) is 0 Å². The van der Waals surface area contributed by atoms with Gasteiger partial charge in [-0.15, -0.1) is 11.8 Å². The van der Waals surface area contributed by atoms with E-state index in [0.29, 0.717) is 12.1 Å². The minimum atomic E-state index is -0.190. The highest BCUT2D eigenvalue weighted by Gasteiger charge is 2.19. The fourth-order valence-corrected chi connectivity index (χ4v) is 3.01. The van der Waals surface area contributed by atoms with Crippen molar-refractivity contribution in [2.45, 2.75) is 18.7 Å². The Morgan fingerprint density at radius 1 is 1.18 bits per heavy atom. The number of nitriles is 1. The Labute approximate surface area is 135 Å². The van der Waals surface area contributed by atoms with Gasteiger partial charge in [-0.3, -0.25) is 4.79 Å². The summed E-state index contributed by atoms with van der Waals surface area (Å²) in [6, 6.07) is 19.1. The standard InChI is InChI=1S/C18H18N2OS/c1-2-22-17(16-6-4-3-5-7-16)18(21)20-13-15-10-8-14(12-19)9-11-15/h3-11,17H,2,13H2,1H3,(H,20,21). The molecule has 3 nitrogen and oxygen atoms in total. The highest BCUT2D eigenvalue weighted by Crippen LogP contribution is 2.28. The number of hydrogen-bond donors (Lipinski definition) is 1. The highest BCUT2D eigenvalue weighted by molar-refractivity contribution is 8.00. The van der Waals surface area contributed by atoms with Gasteiger partial charge >= 0.3 is 0 Å². The number of carbonyl (C=O) groups is 1. The number of rotatable bonds is 6. The lowest BCUT2D eigenvalue weighted by Gasteiger charge is -2.16. The second-order valence-electron chi connectivity index (χ2n) is 4.77. The van der Waals surface area contributed by atoms with Crippen molar-refractivity contribution in [2.24, 2.45) is 0 Å². The highest BCUT2D eigenvalue weighted by atomic mass is 32.2. The molecule has 0 heterocycles. The summed E-state index contributed by atoms with van der Waals surface area (Å²) >= 11 is 1.62. The fourth-order valence-electron chi connectivity index (χ4n) is 2.10. The SMILES string of the molecule is CCSC(C(=O)NCc1ccc(C#N)cc1)c1ccccc1.